The lowest BCUT2D eigenvalue weighted by atomic mass is 10.0. The largest absolute Gasteiger partial charge is 0.366 e. The zero-order chi connectivity index (χ0) is 20.2. The molecule has 0 saturated carbocycles. The molecule has 0 fully saturated rings. The van der Waals surface area contributed by atoms with Gasteiger partial charge in [0.05, 0.1) is 6.42 Å². The van der Waals surface area contributed by atoms with E-state index in [2.05, 4.69) is 15.3 Å². The first-order valence-electron chi connectivity index (χ1n) is 8.97. The maximum absolute atomic E-state index is 12.2. The van der Waals surface area contributed by atoms with Crippen molar-refractivity contribution in [1.29, 1.82) is 0 Å². The summed E-state index contributed by atoms with van der Waals surface area (Å²) in [5, 5.41) is 5.58. The Balaban J connectivity index is 1.59. The number of rotatable bonds is 6. The quantitative estimate of drug-likeness (QED) is 0.427. The Kier molecular flexibility index (Phi) is 5.22. The molecule has 3 aromatic heterocycles. The number of nitrogens with one attached hydrogen (secondary N) is 2. The Bertz CT molecular complexity index is 1190. The molecule has 144 valence electrons. The van der Waals surface area contributed by atoms with Gasteiger partial charge >= 0.3 is 0 Å². The number of hydrogen-bond donors (Lipinski definition) is 3. The molecule has 0 radical (unpaired) electrons. The number of aromatic amines is 1. The van der Waals surface area contributed by atoms with Crippen molar-refractivity contribution in [1.82, 2.24) is 9.97 Å². The number of thiophene rings is 1. The van der Waals surface area contributed by atoms with Crippen LogP contribution < -0.4 is 11.1 Å². The van der Waals surface area contributed by atoms with Crippen molar-refractivity contribution in [2.45, 2.75) is 6.42 Å². The molecule has 0 atom stereocenters. The number of carbonyl (C=O) groups is 2. The summed E-state index contributed by atoms with van der Waals surface area (Å²) in [6, 6.07) is 16.7. The number of pyridine rings is 1. The minimum atomic E-state index is -0.504. The van der Waals surface area contributed by atoms with Crippen LogP contribution in [0.3, 0.4) is 0 Å². The van der Waals surface area contributed by atoms with Crippen molar-refractivity contribution >= 4 is 51.7 Å². The summed E-state index contributed by atoms with van der Waals surface area (Å²) in [6.07, 6.45) is 3.82. The van der Waals surface area contributed by atoms with Crippen LogP contribution >= 0.6 is 11.3 Å². The number of hydrogen-bond acceptors (Lipinski definition) is 4. The summed E-state index contributed by atoms with van der Waals surface area (Å²) in [5.41, 5.74) is 8.16. The lowest BCUT2D eigenvalue weighted by Crippen LogP contribution is -2.14. The Morgan fingerprint density at radius 1 is 1.10 bits per heavy atom. The lowest BCUT2D eigenvalue weighted by Gasteiger charge is -2.05. The fraction of sp³-hybridized carbons (Fsp3) is 0.0455. The van der Waals surface area contributed by atoms with E-state index >= 15 is 0 Å². The number of amides is 2. The molecule has 4 N–H and O–H groups in total. The maximum atomic E-state index is 12.2. The zero-order valence-electron chi connectivity index (χ0n) is 15.4. The van der Waals surface area contributed by atoms with Gasteiger partial charge in [-0.25, -0.2) is 4.98 Å². The number of anilines is 1. The Morgan fingerprint density at radius 3 is 2.66 bits per heavy atom. The van der Waals surface area contributed by atoms with Crippen LogP contribution in [0.5, 0.6) is 0 Å². The van der Waals surface area contributed by atoms with Crippen molar-refractivity contribution in [2.75, 3.05) is 5.32 Å². The van der Waals surface area contributed by atoms with Gasteiger partial charge in [-0.3, -0.25) is 9.59 Å². The van der Waals surface area contributed by atoms with Crippen LogP contribution in [0.2, 0.25) is 0 Å². The molecule has 2 amide bonds. The first-order chi connectivity index (χ1) is 14.1. The first kappa shape index (κ1) is 18.6. The van der Waals surface area contributed by atoms with E-state index in [1.807, 2.05) is 53.9 Å². The minimum absolute atomic E-state index is 0.119. The number of nitrogens with two attached hydrogens (primary N) is 1. The van der Waals surface area contributed by atoms with E-state index in [1.54, 1.807) is 29.7 Å². The summed E-state index contributed by atoms with van der Waals surface area (Å²) in [4.78, 5) is 32.7. The molecule has 7 heteroatoms. The molecule has 0 bridgehead atoms. The van der Waals surface area contributed by atoms with Crippen LogP contribution in [0, 0.1) is 0 Å². The number of H-pyrrole nitrogens is 1. The third-order valence-electron chi connectivity index (χ3n) is 4.40. The summed E-state index contributed by atoms with van der Waals surface area (Å²) < 4.78 is 0. The normalized spacial score (nSPS) is 11.5. The standard InChI is InChI=1S/C22H18N4O2S/c23-21(28)18(14-5-2-1-3-6-14)11-15-13-24-22-17(15)8-9-19(26-22)25-20(27)12-16-7-4-10-29-16/h1-11,13H,12H2,(H2,23,28)(H2,24,25,26,27). The molecule has 0 aliphatic carbocycles. The topological polar surface area (TPSA) is 101 Å². The summed E-state index contributed by atoms with van der Waals surface area (Å²) in [7, 11) is 0. The van der Waals surface area contributed by atoms with E-state index < -0.39 is 5.91 Å². The second-order valence-electron chi connectivity index (χ2n) is 6.43. The smallest absolute Gasteiger partial charge is 0.249 e. The Hall–Kier alpha value is -3.71. The summed E-state index contributed by atoms with van der Waals surface area (Å²) >= 11 is 1.54. The number of benzene rings is 1. The predicted molar refractivity (Wildman–Crippen MR) is 116 cm³/mol. The van der Waals surface area contributed by atoms with E-state index in [0.717, 1.165) is 21.4 Å². The van der Waals surface area contributed by atoms with Crippen molar-refractivity contribution < 1.29 is 9.59 Å². The SMILES string of the molecule is NC(=O)C(=Cc1c[nH]c2nc(NC(=O)Cc3cccs3)ccc12)c1ccccc1. The van der Waals surface area contributed by atoms with Gasteiger partial charge in [0.25, 0.3) is 0 Å². The number of carbonyl (C=O) groups excluding carboxylic acids is 2. The lowest BCUT2D eigenvalue weighted by molar-refractivity contribution is -0.115. The van der Waals surface area contributed by atoms with Gasteiger partial charge in [-0.15, -0.1) is 11.3 Å². The molecule has 0 aliphatic rings. The maximum Gasteiger partial charge on any atom is 0.249 e. The minimum Gasteiger partial charge on any atom is -0.366 e. The molecule has 0 spiro atoms. The van der Waals surface area contributed by atoms with Gasteiger partial charge < -0.3 is 16.0 Å². The van der Waals surface area contributed by atoms with Gasteiger partial charge in [-0.05, 0) is 35.2 Å². The Labute approximate surface area is 171 Å². The molecule has 4 aromatic rings. The molecule has 1 aromatic carbocycles. The molecule has 0 saturated heterocycles. The zero-order valence-corrected chi connectivity index (χ0v) is 16.2. The van der Waals surface area contributed by atoms with Crippen molar-refractivity contribution in [3.63, 3.8) is 0 Å². The van der Waals surface area contributed by atoms with Crippen LogP contribution in [0.15, 0.2) is 66.2 Å². The third-order valence-corrected chi connectivity index (χ3v) is 5.28. The van der Waals surface area contributed by atoms with Crippen molar-refractivity contribution in [2.24, 2.45) is 5.73 Å². The molecule has 6 nitrogen and oxygen atoms in total. The van der Waals surface area contributed by atoms with Crippen LogP contribution in [0.1, 0.15) is 16.0 Å². The number of nitrogens with zero attached hydrogens (tertiary/aromatic N) is 1. The predicted octanol–water partition coefficient (Wildman–Crippen LogP) is 3.83. The fourth-order valence-electron chi connectivity index (χ4n) is 3.04. The molecule has 4 rings (SSSR count). The highest BCUT2D eigenvalue weighted by Gasteiger charge is 2.12. The summed E-state index contributed by atoms with van der Waals surface area (Å²) in [5.74, 6) is -0.156. The van der Waals surface area contributed by atoms with Crippen LogP contribution in [-0.2, 0) is 16.0 Å². The van der Waals surface area contributed by atoms with E-state index in [1.165, 1.54) is 0 Å². The van der Waals surface area contributed by atoms with Crippen molar-refractivity contribution in [3.05, 3.63) is 82.2 Å². The number of fused-ring (bicyclic) bond motifs is 1. The van der Waals surface area contributed by atoms with Crippen LogP contribution in [0.4, 0.5) is 5.82 Å². The average molecular weight is 402 g/mol. The third kappa shape index (κ3) is 4.25. The second kappa shape index (κ2) is 8.12. The van der Waals surface area contributed by atoms with E-state index in [4.69, 9.17) is 5.73 Å². The van der Waals surface area contributed by atoms with Gasteiger partial charge in [0, 0.05) is 27.6 Å². The Morgan fingerprint density at radius 2 is 1.93 bits per heavy atom. The molecule has 3 heterocycles. The average Bonchev–Trinajstić information content (AvgIpc) is 3.36. The molecule has 29 heavy (non-hydrogen) atoms. The molecule has 0 aliphatic heterocycles. The monoisotopic (exact) mass is 402 g/mol. The summed E-state index contributed by atoms with van der Waals surface area (Å²) in [6.45, 7) is 0. The molecular formula is C22H18N4O2S. The highest BCUT2D eigenvalue weighted by atomic mass is 32.1. The van der Waals surface area contributed by atoms with E-state index in [9.17, 15) is 9.59 Å². The molecule has 0 unspecified atom stereocenters. The van der Waals surface area contributed by atoms with E-state index in [-0.39, 0.29) is 5.91 Å². The van der Waals surface area contributed by atoms with Gasteiger partial charge in [-0.1, -0.05) is 36.4 Å². The molecular weight excluding hydrogens is 384 g/mol. The van der Waals surface area contributed by atoms with Crippen LogP contribution in [-0.4, -0.2) is 21.8 Å². The highest BCUT2D eigenvalue weighted by molar-refractivity contribution is 7.10. The second-order valence-corrected chi connectivity index (χ2v) is 7.46. The van der Waals surface area contributed by atoms with Gasteiger partial charge in [-0.2, -0.15) is 0 Å². The van der Waals surface area contributed by atoms with Gasteiger partial charge in [0.2, 0.25) is 11.8 Å². The van der Waals surface area contributed by atoms with Crippen molar-refractivity contribution in [3.8, 4) is 0 Å². The van der Waals surface area contributed by atoms with Gasteiger partial charge in [0.15, 0.2) is 0 Å². The first-order valence-corrected chi connectivity index (χ1v) is 9.85. The highest BCUT2D eigenvalue weighted by Crippen LogP contribution is 2.24. The van der Waals surface area contributed by atoms with E-state index in [0.29, 0.717) is 23.5 Å². The number of aromatic nitrogens is 2. The number of primary amides is 1. The fourth-order valence-corrected chi connectivity index (χ4v) is 3.75. The van der Waals surface area contributed by atoms with Gasteiger partial charge in [0.1, 0.15) is 11.5 Å². The van der Waals surface area contributed by atoms with Crippen LogP contribution in [0.25, 0.3) is 22.7 Å².